The van der Waals surface area contributed by atoms with Crippen molar-refractivity contribution < 1.29 is 4.57 Å². The zero-order chi connectivity index (χ0) is 20.7. The van der Waals surface area contributed by atoms with Crippen molar-refractivity contribution in [2.24, 2.45) is 0 Å². The molecule has 0 aliphatic heterocycles. The van der Waals surface area contributed by atoms with Crippen LogP contribution in [0.25, 0.3) is 0 Å². The van der Waals surface area contributed by atoms with E-state index in [-0.39, 0.29) is 0 Å². The fraction of sp³-hybridized carbons (Fsp3) is 0.0370. The van der Waals surface area contributed by atoms with Gasteiger partial charge in [-0.05, 0) is 23.1 Å². The molecule has 0 fully saturated rings. The van der Waals surface area contributed by atoms with Gasteiger partial charge in [0, 0.05) is 27.2 Å². The molecule has 0 aliphatic carbocycles. The zero-order valence-corrected chi connectivity index (χ0v) is 18.3. The van der Waals surface area contributed by atoms with Gasteiger partial charge in [-0.2, -0.15) is 0 Å². The number of rotatable bonds is 7. The minimum absolute atomic E-state index is 0.641. The molecule has 0 heterocycles. The summed E-state index contributed by atoms with van der Waals surface area (Å²) in [5.41, 5.74) is 1.16. The van der Waals surface area contributed by atoms with E-state index < -0.39 is 7.14 Å². The monoisotopic (exact) mass is 426 g/mol. The average molecular weight is 427 g/mol. The Hall–Kier alpha value is -2.80. The van der Waals surface area contributed by atoms with Crippen LogP contribution in [0.3, 0.4) is 0 Å². The summed E-state index contributed by atoms with van der Waals surface area (Å²) in [6, 6.07) is 40.3. The van der Waals surface area contributed by atoms with Gasteiger partial charge in [0.25, 0.3) is 0 Å². The molecule has 0 aromatic heterocycles. The number of benzene rings is 4. The second kappa shape index (κ2) is 9.80. The van der Waals surface area contributed by atoms with Gasteiger partial charge in [0.1, 0.15) is 0 Å². The van der Waals surface area contributed by atoms with Crippen LogP contribution in [-0.4, -0.2) is 0 Å². The van der Waals surface area contributed by atoms with Crippen LogP contribution >= 0.6 is 18.9 Å². The summed E-state index contributed by atoms with van der Waals surface area (Å²) in [5, 5.41) is 4.78. The highest BCUT2D eigenvalue weighted by Gasteiger charge is 2.31. The van der Waals surface area contributed by atoms with E-state index in [0.717, 1.165) is 26.4 Å². The maximum Gasteiger partial charge on any atom is 0.168 e. The average Bonchev–Trinajstić information content (AvgIpc) is 2.83. The predicted octanol–water partition coefficient (Wildman–Crippen LogP) is 6.88. The second-order valence-corrected chi connectivity index (χ2v) is 10.8. The molecule has 0 aliphatic rings. The van der Waals surface area contributed by atoms with E-state index in [2.05, 4.69) is 29.7 Å². The van der Waals surface area contributed by atoms with Crippen molar-refractivity contribution in [3.05, 3.63) is 138 Å². The molecule has 148 valence electrons. The van der Waals surface area contributed by atoms with Gasteiger partial charge in [-0.3, -0.25) is 0 Å². The highest BCUT2D eigenvalue weighted by Crippen LogP contribution is 2.54. The Balaban J connectivity index is 1.85. The summed E-state index contributed by atoms with van der Waals surface area (Å²) in [6.07, 6.45) is 0.641. The fourth-order valence-electron chi connectivity index (χ4n) is 3.42. The first-order valence-electron chi connectivity index (χ1n) is 9.93. The van der Waals surface area contributed by atoms with Crippen molar-refractivity contribution in [3.63, 3.8) is 0 Å². The van der Waals surface area contributed by atoms with E-state index >= 15 is 0 Å². The van der Waals surface area contributed by atoms with Crippen LogP contribution in [-0.2, 0) is 11.0 Å². The number of thioether (sulfide) groups is 1. The SMILES string of the molecule is O=P(/C(=C/Sc1ccccc1)Cc1ccccc1)(c1ccccc1)c1ccccc1. The summed E-state index contributed by atoms with van der Waals surface area (Å²) < 4.78 is 14.9. The van der Waals surface area contributed by atoms with Crippen molar-refractivity contribution in [2.45, 2.75) is 11.3 Å². The van der Waals surface area contributed by atoms with Crippen molar-refractivity contribution in [1.29, 1.82) is 0 Å². The third-order valence-electron chi connectivity index (χ3n) is 4.95. The van der Waals surface area contributed by atoms with Crippen molar-refractivity contribution in [3.8, 4) is 0 Å². The summed E-state index contributed by atoms with van der Waals surface area (Å²) >= 11 is 1.63. The van der Waals surface area contributed by atoms with Gasteiger partial charge >= 0.3 is 0 Å². The quantitative estimate of drug-likeness (QED) is 0.237. The first-order chi connectivity index (χ1) is 14.8. The van der Waals surface area contributed by atoms with E-state index in [1.54, 1.807) is 11.8 Å². The predicted molar refractivity (Wildman–Crippen MR) is 130 cm³/mol. The largest absolute Gasteiger partial charge is 0.309 e. The standard InChI is InChI=1S/C27H23OPS/c28-29(24-15-7-2-8-16-24,25-17-9-3-10-18-25)26(21-23-13-5-1-6-14-23)22-30-27-19-11-4-12-20-27/h1-20,22H,21H2/b26-22+. The fourth-order valence-corrected chi connectivity index (χ4v) is 7.40. The maximum atomic E-state index is 14.9. The molecular formula is C27H23OPS. The molecule has 0 N–H and O–H groups in total. The molecular weight excluding hydrogens is 403 g/mol. The van der Waals surface area contributed by atoms with E-state index in [0.29, 0.717) is 6.42 Å². The Morgan fingerprint density at radius 2 is 1.07 bits per heavy atom. The summed E-state index contributed by atoms with van der Waals surface area (Å²) in [4.78, 5) is 1.13. The van der Waals surface area contributed by atoms with Crippen LogP contribution in [0.2, 0.25) is 0 Å². The maximum absolute atomic E-state index is 14.9. The lowest BCUT2D eigenvalue weighted by molar-refractivity contribution is 0.590. The highest BCUT2D eigenvalue weighted by molar-refractivity contribution is 8.02. The molecule has 1 nitrogen and oxygen atoms in total. The molecule has 0 spiro atoms. The van der Waals surface area contributed by atoms with Crippen LogP contribution in [0, 0.1) is 0 Å². The lowest BCUT2D eigenvalue weighted by Gasteiger charge is -2.23. The van der Waals surface area contributed by atoms with E-state index in [1.807, 2.05) is 97.1 Å². The molecule has 0 saturated carbocycles. The Labute approximate surface area is 182 Å². The summed E-state index contributed by atoms with van der Waals surface area (Å²) in [6.45, 7) is 0. The lowest BCUT2D eigenvalue weighted by atomic mass is 10.1. The molecule has 4 aromatic rings. The Morgan fingerprint density at radius 1 is 0.633 bits per heavy atom. The number of allylic oxidation sites excluding steroid dienone is 1. The zero-order valence-electron chi connectivity index (χ0n) is 16.6. The number of hydrogen-bond donors (Lipinski definition) is 0. The van der Waals surface area contributed by atoms with E-state index in [1.165, 1.54) is 0 Å². The van der Waals surface area contributed by atoms with Crippen LogP contribution in [0.1, 0.15) is 5.56 Å². The molecule has 0 atom stereocenters. The molecule has 0 amide bonds. The van der Waals surface area contributed by atoms with Gasteiger partial charge in [-0.25, -0.2) is 0 Å². The first-order valence-corrected chi connectivity index (χ1v) is 12.5. The normalized spacial score (nSPS) is 11.9. The van der Waals surface area contributed by atoms with Gasteiger partial charge in [0.2, 0.25) is 0 Å². The molecule has 0 unspecified atom stereocenters. The van der Waals surface area contributed by atoms with Gasteiger partial charge in [-0.1, -0.05) is 121 Å². The third kappa shape index (κ3) is 4.67. The lowest BCUT2D eigenvalue weighted by Crippen LogP contribution is -2.18. The first kappa shape index (κ1) is 20.5. The Bertz CT molecular complexity index is 1100. The second-order valence-electron chi connectivity index (χ2n) is 6.98. The third-order valence-corrected chi connectivity index (χ3v) is 9.21. The summed E-state index contributed by atoms with van der Waals surface area (Å²) in [5.74, 6) is 0. The van der Waals surface area contributed by atoms with Crippen LogP contribution < -0.4 is 10.6 Å². The molecule has 3 heteroatoms. The Kier molecular flexibility index (Phi) is 6.69. The van der Waals surface area contributed by atoms with Gasteiger partial charge in [0.05, 0.1) is 0 Å². The molecule has 0 saturated heterocycles. The molecule has 4 rings (SSSR count). The van der Waals surface area contributed by atoms with Gasteiger partial charge in [0.15, 0.2) is 7.14 Å². The van der Waals surface area contributed by atoms with E-state index in [9.17, 15) is 4.57 Å². The van der Waals surface area contributed by atoms with Crippen LogP contribution in [0.15, 0.2) is 137 Å². The van der Waals surface area contributed by atoms with E-state index in [4.69, 9.17) is 0 Å². The highest BCUT2D eigenvalue weighted by atomic mass is 32.2. The van der Waals surface area contributed by atoms with Gasteiger partial charge < -0.3 is 4.57 Å². The topological polar surface area (TPSA) is 17.1 Å². The molecule has 30 heavy (non-hydrogen) atoms. The van der Waals surface area contributed by atoms with Crippen LogP contribution in [0.4, 0.5) is 0 Å². The Morgan fingerprint density at radius 3 is 1.57 bits per heavy atom. The van der Waals surface area contributed by atoms with Crippen molar-refractivity contribution in [2.75, 3.05) is 0 Å². The summed E-state index contributed by atoms with van der Waals surface area (Å²) in [7, 11) is -3.00. The molecule has 4 aromatic carbocycles. The molecule has 0 bridgehead atoms. The van der Waals surface area contributed by atoms with Crippen molar-refractivity contribution >= 4 is 29.5 Å². The van der Waals surface area contributed by atoms with Gasteiger partial charge in [-0.15, -0.1) is 0 Å². The van der Waals surface area contributed by atoms with Crippen molar-refractivity contribution in [1.82, 2.24) is 0 Å². The minimum Gasteiger partial charge on any atom is -0.309 e. The number of hydrogen-bond acceptors (Lipinski definition) is 2. The smallest absolute Gasteiger partial charge is 0.168 e. The molecule has 0 radical (unpaired) electrons. The van der Waals surface area contributed by atoms with Crippen LogP contribution in [0.5, 0.6) is 0 Å². The minimum atomic E-state index is -3.00.